The van der Waals surface area contributed by atoms with Crippen LogP contribution in [0.25, 0.3) is 0 Å². The summed E-state index contributed by atoms with van der Waals surface area (Å²) < 4.78 is 41.9. The molecule has 1 rings (SSSR count). The highest BCUT2D eigenvalue weighted by Crippen LogP contribution is 2.23. The SMILES string of the molecule is CCCCCCCCCNc1ccc(OCCCCCCCCCC(F)(F)F)cc1. The first-order valence-corrected chi connectivity index (χ1v) is 12.0. The third kappa shape index (κ3) is 16.4. The van der Waals surface area contributed by atoms with E-state index in [1.165, 1.54) is 44.9 Å². The van der Waals surface area contributed by atoms with E-state index in [4.69, 9.17) is 4.74 Å². The topological polar surface area (TPSA) is 21.3 Å². The fourth-order valence-corrected chi connectivity index (χ4v) is 3.49. The molecule has 0 radical (unpaired) electrons. The normalized spacial score (nSPS) is 11.6. The molecule has 1 N–H and O–H groups in total. The number of hydrogen-bond donors (Lipinski definition) is 1. The molecule has 0 atom stereocenters. The van der Waals surface area contributed by atoms with Gasteiger partial charge in [-0.2, -0.15) is 13.2 Å². The molecule has 0 aliphatic heterocycles. The van der Waals surface area contributed by atoms with Crippen LogP contribution in [0.4, 0.5) is 18.9 Å². The number of halogens is 3. The first-order chi connectivity index (χ1) is 14.5. The Balaban J connectivity index is 1.94. The van der Waals surface area contributed by atoms with Gasteiger partial charge in [0.1, 0.15) is 5.75 Å². The van der Waals surface area contributed by atoms with Crippen molar-refractivity contribution in [3.63, 3.8) is 0 Å². The largest absolute Gasteiger partial charge is 0.494 e. The van der Waals surface area contributed by atoms with Crippen molar-refractivity contribution in [2.45, 2.75) is 109 Å². The number of anilines is 1. The molecule has 2 nitrogen and oxygen atoms in total. The van der Waals surface area contributed by atoms with Crippen LogP contribution in [0.1, 0.15) is 103 Å². The predicted octanol–water partition coefficient (Wildman–Crippen LogP) is 8.91. The zero-order valence-electron chi connectivity index (χ0n) is 18.9. The van der Waals surface area contributed by atoms with E-state index in [-0.39, 0.29) is 6.42 Å². The predicted molar refractivity (Wildman–Crippen MR) is 121 cm³/mol. The lowest BCUT2D eigenvalue weighted by Gasteiger charge is -2.09. The van der Waals surface area contributed by atoms with Crippen LogP contribution >= 0.6 is 0 Å². The second kappa shape index (κ2) is 17.3. The van der Waals surface area contributed by atoms with E-state index in [0.717, 1.165) is 50.1 Å². The fourth-order valence-electron chi connectivity index (χ4n) is 3.49. The average molecular weight is 430 g/mol. The third-order valence-electron chi connectivity index (χ3n) is 5.34. The molecule has 174 valence electrons. The number of alkyl halides is 3. The molecule has 0 aromatic heterocycles. The standard InChI is InChI=1S/C25H42F3NO/c1-2-3-4-5-8-11-14-21-29-23-16-18-24(19-17-23)30-22-15-12-9-6-7-10-13-20-25(26,27)28/h16-19,29H,2-15,20-22H2,1H3. The lowest BCUT2D eigenvalue weighted by Crippen LogP contribution is -2.06. The summed E-state index contributed by atoms with van der Waals surface area (Å²) in [5, 5.41) is 3.47. The van der Waals surface area contributed by atoms with Gasteiger partial charge in [0, 0.05) is 18.7 Å². The Labute approximate surface area is 182 Å². The number of benzene rings is 1. The minimum absolute atomic E-state index is 0.260. The summed E-state index contributed by atoms with van der Waals surface area (Å²) in [5.74, 6) is 0.892. The van der Waals surface area contributed by atoms with Gasteiger partial charge in [-0.15, -0.1) is 0 Å². The van der Waals surface area contributed by atoms with Gasteiger partial charge in [0.15, 0.2) is 0 Å². The Morgan fingerprint density at radius 2 is 1.23 bits per heavy atom. The second-order valence-electron chi connectivity index (χ2n) is 8.26. The highest BCUT2D eigenvalue weighted by Gasteiger charge is 2.25. The Kier molecular flexibility index (Phi) is 15.4. The Morgan fingerprint density at radius 1 is 0.700 bits per heavy atom. The van der Waals surface area contributed by atoms with Gasteiger partial charge in [-0.05, 0) is 43.5 Å². The first-order valence-electron chi connectivity index (χ1n) is 12.0. The highest BCUT2D eigenvalue weighted by molar-refractivity contribution is 5.46. The Hall–Kier alpha value is -1.39. The summed E-state index contributed by atoms with van der Waals surface area (Å²) in [5.41, 5.74) is 1.14. The molecule has 1 aromatic rings. The van der Waals surface area contributed by atoms with Crippen LogP contribution in [0.5, 0.6) is 5.75 Å². The van der Waals surface area contributed by atoms with Crippen LogP contribution < -0.4 is 10.1 Å². The van der Waals surface area contributed by atoms with Crippen LogP contribution in [0, 0.1) is 0 Å². The molecule has 0 aliphatic carbocycles. The zero-order valence-corrected chi connectivity index (χ0v) is 18.9. The van der Waals surface area contributed by atoms with Crippen molar-refractivity contribution >= 4 is 5.69 Å². The Bertz CT molecular complexity index is 502. The first kappa shape index (κ1) is 26.6. The molecule has 0 saturated carbocycles. The molecule has 5 heteroatoms. The van der Waals surface area contributed by atoms with Gasteiger partial charge >= 0.3 is 6.18 Å². The molecular formula is C25H42F3NO. The van der Waals surface area contributed by atoms with E-state index >= 15 is 0 Å². The monoisotopic (exact) mass is 429 g/mol. The fraction of sp³-hybridized carbons (Fsp3) is 0.760. The van der Waals surface area contributed by atoms with Crippen molar-refractivity contribution in [2.24, 2.45) is 0 Å². The summed E-state index contributed by atoms with van der Waals surface area (Å²) in [7, 11) is 0. The van der Waals surface area contributed by atoms with Crippen LogP contribution in [0.3, 0.4) is 0 Å². The van der Waals surface area contributed by atoms with E-state index in [9.17, 15) is 13.2 Å². The van der Waals surface area contributed by atoms with Gasteiger partial charge in [-0.3, -0.25) is 0 Å². The maximum absolute atomic E-state index is 12.0. The lowest BCUT2D eigenvalue weighted by atomic mass is 10.1. The van der Waals surface area contributed by atoms with Crippen LogP contribution in [-0.2, 0) is 0 Å². The minimum atomic E-state index is -4.00. The molecule has 0 saturated heterocycles. The van der Waals surface area contributed by atoms with E-state index in [2.05, 4.69) is 24.4 Å². The molecule has 0 fully saturated rings. The highest BCUT2D eigenvalue weighted by atomic mass is 19.4. The van der Waals surface area contributed by atoms with Crippen LogP contribution in [0.15, 0.2) is 24.3 Å². The van der Waals surface area contributed by atoms with Crippen molar-refractivity contribution < 1.29 is 17.9 Å². The molecule has 0 unspecified atom stereocenters. The number of unbranched alkanes of at least 4 members (excludes halogenated alkanes) is 12. The average Bonchev–Trinajstić information content (AvgIpc) is 2.71. The number of hydrogen-bond acceptors (Lipinski definition) is 2. The summed E-state index contributed by atoms with van der Waals surface area (Å²) in [4.78, 5) is 0. The van der Waals surface area contributed by atoms with Crippen molar-refractivity contribution in [1.82, 2.24) is 0 Å². The van der Waals surface area contributed by atoms with Gasteiger partial charge in [-0.25, -0.2) is 0 Å². The van der Waals surface area contributed by atoms with E-state index in [1.54, 1.807) is 0 Å². The number of rotatable bonds is 19. The van der Waals surface area contributed by atoms with Crippen molar-refractivity contribution in [3.8, 4) is 5.75 Å². The molecule has 0 heterocycles. The summed E-state index contributed by atoms with van der Waals surface area (Å²) in [6.45, 7) is 3.96. The number of nitrogens with one attached hydrogen (secondary N) is 1. The molecule has 1 aromatic carbocycles. The third-order valence-corrected chi connectivity index (χ3v) is 5.34. The van der Waals surface area contributed by atoms with Gasteiger partial charge in [0.2, 0.25) is 0 Å². The molecule has 0 aliphatic rings. The number of ether oxygens (including phenoxy) is 1. The van der Waals surface area contributed by atoms with Crippen LogP contribution in [-0.4, -0.2) is 19.3 Å². The van der Waals surface area contributed by atoms with Gasteiger partial charge in [-0.1, -0.05) is 77.6 Å². The second-order valence-corrected chi connectivity index (χ2v) is 8.26. The van der Waals surface area contributed by atoms with Crippen molar-refractivity contribution in [1.29, 1.82) is 0 Å². The zero-order chi connectivity index (χ0) is 21.9. The minimum Gasteiger partial charge on any atom is -0.494 e. The van der Waals surface area contributed by atoms with E-state index in [0.29, 0.717) is 13.0 Å². The summed E-state index contributed by atoms with van der Waals surface area (Å²) in [6.07, 6.45) is 10.6. The summed E-state index contributed by atoms with van der Waals surface area (Å²) in [6, 6.07) is 8.15. The molecule has 0 amide bonds. The Morgan fingerprint density at radius 3 is 1.83 bits per heavy atom. The summed E-state index contributed by atoms with van der Waals surface area (Å²) >= 11 is 0. The van der Waals surface area contributed by atoms with Gasteiger partial charge < -0.3 is 10.1 Å². The molecule has 0 bridgehead atoms. The molecular weight excluding hydrogens is 387 g/mol. The smallest absolute Gasteiger partial charge is 0.389 e. The molecule has 0 spiro atoms. The van der Waals surface area contributed by atoms with E-state index < -0.39 is 12.6 Å². The van der Waals surface area contributed by atoms with Crippen molar-refractivity contribution in [3.05, 3.63) is 24.3 Å². The van der Waals surface area contributed by atoms with Gasteiger partial charge in [0.25, 0.3) is 0 Å². The quantitative estimate of drug-likeness (QED) is 0.222. The molecule has 30 heavy (non-hydrogen) atoms. The van der Waals surface area contributed by atoms with Crippen LogP contribution in [0.2, 0.25) is 0 Å². The van der Waals surface area contributed by atoms with E-state index in [1.807, 2.05) is 12.1 Å². The maximum Gasteiger partial charge on any atom is 0.389 e. The maximum atomic E-state index is 12.0. The van der Waals surface area contributed by atoms with Gasteiger partial charge in [0.05, 0.1) is 6.61 Å². The van der Waals surface area contributed by atoms with Crippen molar-refractivity contribution in [2.75, 3.05) is 18.5 Å². The lowest BCUT2D eigenvalue weighted by molar-refractivity contribution is -0.135.